The molecule has 0 spiro atoms. The van der Waals surface area contributed by atoms with Gasteiger partial charge in [0, 0.05) is 4.79 Å². The summed E-state index contributed by atoms with van der Waals surface area (Å²) in [6.07, 6.45) is -0.820. The molecule has 0 aliphatic carbocycles. The zero-order valence-electron chi connectivity index (χ0n) is 7.99. The van der Waals surface area contributed by atoms with E-state index in [4.69, 9.17) is 4.74 Å². The van der Waals surface area contributed by atoms with E-state index in [-0.39, 0.29) is 6.10 Å². The zero-order chi connectivity index (χ0) is 9.72. The van der Waals surface area contributed by atoms with E-state index < -0.39 is 12.3 Å². The molecule has 1 atom stereocenters. The molecule has 0 aromatic rings. The highest BCUT2D eigenvalue weighted by Gasteiger charge is 2.22. The maximum absolute atomic E-state index is 10.9. The summed E-state index contributed by atoms with van der Waals surface area (Å²) in [5.41, 5.74) is 0. The molecule has 0 rings (SSSR count). The lowest BCUT2D eigenvalue weighted by molar-refractivity contribution is -0.771. The Morgan fingerprint density at radius 3 is 2.33 bits per heavy atom. The molecule has 0 amide bonds. The number of carbonyl (C=O) groups is 1. The van der Waals surface area contributed by atoms with Gasteiger partial charge in [-0.05, 0) is 27.2 Å². The maximum Gasteiger partial charge on any atom is 0.727 e. The van der Waals surface area contributed by atoms with Crippen LogP contribution >= 0.6 is 0 Å². The lowest BCUT2D eigenvalue weighted by Gasteiger charge is -2.29. The van der Waals surface area contributed by atoms with E-state index in [9.17, 15) is 10.1 Å². The molecule has 0 N–H and O–H groups in total. The van der Waals surface area contributed by atoms with Crippen molar-refractivity contribution < 1.29 is 19.3 Å². The van der Waals surface area contributed by atoms with E-state index in [1.54, 1.807) is 20.8 Å². The van der Waals surface area contributed by atoms with Crippen LogP contribution < -0.4 is 5.26 Å². The second kappa shape index (κ2) is 4.98. The van der Waals surface area contributed by atoms with Crippen LogP contribution in [0.25, 0.3) is 0 Å². The fourth-order valence-electron chi connectivity index (χ4n) is 0.487. The Morgan fingerprint density at radius 1 is 1.50 bits per heavy atom. The van der Waals surface area contributed by atoms with Gasteiger partial charge in [-0.2, -0.15) is 0 Å². The van der Waals surface area contributed by atoms with Crippen molar-refractivity contribution in [3.8, 4) is 0 Å². The Balaban J connectivity index is 3.87. The van der Waals surface area contributed by atoms with Crippen LogP contribution in [0, 0.1) is 0 Å². The van der Waals surface area contributed by atoms with E-state index in [0.29, 0.717) is 6.42 Å². The summed E-state index contributed by atoms with van der Waals surface area (Å²) in [7, 11) is 0. The van der Waals surface area contributed by atoms with Gasteiger partial charge >= 0.3 is 6.16 Å². The lowest BCUT2D eigenvalue weighted by atomic mass is 10.3. The van der Waals surface area contributed by atoms with Crippen molar-refractivity contribution in [2.24, 2.45) is 0 Å². The van der Waals surface area contributed by atoms with Gasteiger partial charge in [0.25, 0.3) is 0 Å². The van der Waals surface area contributed by atoms with Crippen LogP contribution in [-0.2, 0) is 9.25 Å². The van der Waals surface area contributed by atoms with Crippen LogP contribution in [-0.4, -0.2) is 18.4 Å². The van der Waals surface area contributed by atoms with E-state index in [2.05, 4.69) is 0 Å². The molecule has 12 heavy (non-hydrogen) atoms. The third kappa shape index (κ3) is 3.57. The molecule has 0 aromatic heterocycles. The van der Waals surface area contributed by atoms with Crippen LogP contribution in [0.3, 0.4) is 0 Å². The molecule has 4 heteroatoms. The molecular weight excluding hydrogens is 160 g/mol. The Bertz CT molecular complexity index is 144. The summed E-state index contributed by atoms with van der Waals surface area (Å²) >= 11 is 0. The molecule has 1 unspecified atom stereocenters. The first-order valence-electron chi connectivity index (χ1n) is 4.10. The molecule has 0 saturated heterocycles. The zero-order valence-corrected chi connectivity index (χ0v) is 7.99. The summed E-state index contributed by atoms with van der Waals surface area (Å²) in [5, 5.41) is 10.9. The predicted octanol–water partition coefficient (Wildman–Crippen LogP) is 1.16. The number of hydrogen-bond acceptors (Lipinski definition) is 3. The molecule has 0 saturated carbocycles. The molecular formula is C8H16O4. The first kappa shape index (κ1) is 11.2. The third-order valence-corrected chi connectivity index (χ3v) is 1.46. The largest absolute Gasteiger partial charge is 0.727 e. The summed E-state index contributed by atoms with van der Waals surface area (Å²) in [6, 6.07) is 0. The van der Waals surface area contributed by atoms with Crippen LogP contribution in [0.1, 0.15) is 34.1 Å². The van der Waals surface area contributed by atoms with Gasteiger partial charge in [-0.3, -0.25) is 0 Å². The molecule has 0 radical (unpaired) electrons. The fraction of sp³-hybridized carbons (Fsp3) is 0.875. The van der Waals surface area contributed by atoms with Crippen molar-refractivity contribution in [1.29, 1.82) is 0 Å². The fourth-order valence-corrected chi connectivity index (χ4v) is 0.487. The van der Waals surface area contributed by atoms with Crippen molar-refractivity contribution >= 4 is 6.16 Å². The van der Waals surface area contributed by atoms with Gasteiger partial charge in [0.1, 0.15) is 6.10 Å². The second-order valence-corrected chi connectivity index (χ2v) is 2.93. The first-order chi connectivity index (χ1) is 5.49. The number of carbonyl (C=O) groups excluding carboxylic acids is 1. The number of ether oxygens (including phenoxy) is 1. The molecule has 0 fully saturated rings. The van der Waals surface area contributed by atoms with Crippen LogP contribution in [0.4, 0.5) is 4.79 Å². The Labute approximate surface area is 72.7 Å². The summed E-state index contributed by atoms with van der Waals surface area (Å²) in [5.74, 6) is 0. The minimum Gasteiger partial charge on any atom is -0.626 e. The maximum atomic E-state index is 10.9. The average Bonchev–Trinajstić information content (AvgIpc) is 2.02. The van der Waals surface area contributed by atoms with Gasteiger partial charge in [-0.15, -0.1) is 0 Å². The Morgan fingerprint density at radius 2 is 2.00 bits per heavy atom. The molecule has 72 valence electrons. The third-order valence-electron chi connectivity index (χ3n) is 1.46. The van der Waals surface area contributed by atoms with Crippen molar-refractivity contribution in [1.82, 2.24) is 0 Å². The monoisotopic (exact) mass is 176 g/mol. The van der Waals surface area contributed by atoms with Crippen LogP contribution in [0.15, 0.2) is 0 Å². The van der Waals surface area contributed by atoms with Crippen LogP contribution in [0.2, 0.25) is 0 Å². The second-order valence-electron chi connectivity index (χ2n) is 2.93. The molecule has 0 bridgehead atoms. The summed E-state index contributed by atoms with van der Waals surface area (Å²) < 4.78 is 5.89. The predicted molar refractivity (Wildman–Crippen MR) is 42.5 cm³/mol. The quantitative estimate of drug-likeness (QED) is 0.280. The molecule has 0 aromatic carbocycles. The van der Waals surface area contributed by atoms with E-state index in [0.717, 1.165) is 4.52 Å². The smallest absolute Gasteiger partial charge is 0.626 e. The highest BCUT2D eigenvalue weighted by molar-refractivity contribution is 5.61. The van der Waals surface area contributed by atoms with Crippen molar-refractivity contribution in [3.63, 3.8) is 0 Å². The van der Waals surface area contributed by atoms with Gasteiger partial charge in [0.2, 0.25) is 0 Å². The van der Waals surface area contributed by atoms with Gasteiger partial charge in [0.05, 0.1) is 0 Å². The Kier molecular flexibility index (Phi) is 4.66. The van der Waals surface area contributed by atoms with Crippen LogP contribution in [0.5, 0.6) is 0 Å². The highest BCUT2D eigenvalue weighted by atomic mass is 17.3. The number of rotatable bonds is 3. The molecule has 0 heterocycles. The lowest BCUT2D eigenvalue weighted by Crippen LogP contribution is -2.39. The summed E-state index contributed by atoms with van der Waals surface area (Å²) in [4.78, 5) is 10.9. The van der Waals surface area contributed by atoms with Crippen molar-refractivity contribution in [3.05, 3.63) is 0 Å². The van der Waals surface area contributed by atoms with E-state index in [1.807, 2.05) is 6.92 Å². The van der Waals surface area contributed by atoms with Gasteiger partial charge in [0.15, 0.2) is 6.10 Å². The SMILES string of the molecule is CCC(C)OC(=O)[O+]([O-])C(C)C. The molecule has 0 aliphatic heterocycles. The van der Waals surface area contributed by atoms with Gasteiger partial charge < -0.3 is 14.5 Å². The highest BCUT2D eigenvalue weighted by Crippen LogP contribution is 2.04. The van der Waals surface area contributed by atoms with Gasteiger partial charge in [-0.25, -0.2) is 0 Å². The van der Waals surface area contributed by atoms with E-state index in [1.165, 1.54) is 0 Å². The average molecular weight is 176 g/mol. The standard InChI is InChI=1S/C8H16O4/c1-5-7(4)11-8(9)12(10)6(2)3/h6-7H,5H2,1-4H3. The van der Waals surface area contributed by atoms with Crippen molar-refractivity contribution in [2.75, 3.05) is 0 Å². The minimum atomic E-state index is -0.876. The van der Waals surface area contributed by atoms with Crippen molar-refractivity contribution in [2.45, 2.75) is 46.3 Å². The Hall–Kier alpha value is -0.770. The summed E-state index contributed by atoms with van der Waals surface area (Å²) in [6.45, 7) is 6.84. The van der Waals surface area contributed by atoms with E-state index >= 15 is 0 Å². The normalized spacial score (nSPS) is 12.8. The topological polar surface area (TPSA) is 52.1 Å². The molecule has 4 nitrogen and oxygen atoms in total. The minimum absolute atomic E-state index is 0.208. The van der Waals surface area contributed by atoms with Gasteiger partial charge in [-0.1, -0.05) is 6.92 Å². The molecule has 0 aliphatic rings. The first-order valence-corrected chi connectivity index (χ1v) is 4.10. The number of hydrogen-bond donors (Lipinski definition) is 0.